The fraction of sp³-hybridized carbons (Fsp3) is 0.216. The normalized spacial score (nSPS) is 15.0. The molecule has 1 aliphatic heterocycles. The number of ether oxygens (including phenoxy) is 3. The molecule has 1 saturated heterocycles. The first-order valence-electron chi connectivity index (χ1n) is 15.3. The minimum Gasteiger partial charge on any atom is -0.489 e. The first-order valence-corrected chi connectivity index (χ1v) is 15.7. The quantitative estimate of drug-likeness (QED) is 0.150. The van der Waals surface area contributed by atoms with Crippen molar-refractivity contribution in [3.63, 3.8) is 0 Å². The van der Waals surface area contributed by atoms with Crippen molar-refractivity contribution in [3.05, 3.63) is 119 Å². The highest BCUT2D eigenvalue weighted by Gasteiger charge is 2.24. The van der Waals surface area contributed by atoms with Gasteiger partial charge in [0.2, 0.25) is 5.88 Å². The summed E-state index contributed by atoms with van der Waals surface area (Å²) in [5.74, 6) is 0.132. The molecule has 0 radical (unpaired) electrons. The minimum atomic E-state index is -0.631. The van der Waals surface area contributed by atoms with Crippen molar-refractivity contribution in [1.82, 2.24) is 19.9 Å². The van der Waals surface area contributed by atoms with Gasteiger partial charge in [-0.1, -0.05) is 84.4 Å². The molecule has 232 valence electrons. The van der Waals surface area contributed by atoms with Gasteiger partial charge in [-0.3, -0.25) is 4.98 Å². The van der Waals surface area contributed by atoms with E-state index >= 15 is 4.39 Å². The predicted octanol–water partition coefficient (Wildman–Crippen LogP) is 8.27. The molecule has 0 unspecified atom stereocenters. The van der Waals surface area contributed by atoms with Crippen LogP contribution in [0.1, 0.15) is 24.0 Å². The summed E-state index contributed by atoms with van der Waals surface area (Å²) in [4.78, 5) is 16.0. The SMILES string of the molecule is CN1CCC[C@H]1COc1nc(OCc2ccccc2)c2cnc(-c3cc(OCc4ccccc4)cc4cccc(Cl)c34)c(F)c2n1. The summed E-state index contributed by atoms with van der Waals surface area (Å²) in [6, 6.07) is 29.1. The Labute approximate surface area is 271 Å². The molecule has 6 aromatic rings. The third-order valence-electron chi connectivity index (χ3n) is 8.33. The first-order chi connectivity index (χ1) is 22.5. The van der Waals surface area contributed by atoms with E-state index < -0.39 is 5.82 Å². The number of hydrogen-bond acceptors (Lipinski definition) is 7. The average Bonchev–Trinajstić information content (AvgIpc) is 3.50. The highest BCUT2D eigenvalue weighted by atomic mass is 35.5. The number of likely N-dealkylation sites (N-methyl/N-ethyl adjacent to an activating group) is 1. The van der Waals surface area contributed by atoms with E-state index in [4.69, 9.17) is 25.8 Å². The molecule has 0 spiro atoms. The molecule has 0 N–H and O–H groups in total. The van der Waals surface area contributed by atoms with Crippen molar-refractivity contribution in [3.8, 4) is 28.9 Å². The molecule has 4 aromatic carbocycles. The lowest BCUT2D eigenvalue weighted by Gasteiger charge is -2.19. The van der Waals surface area contributed by atoms with Gasteiger partial charge in [-0.2, -0.15) is 9.97 Å². The number of pyridine rings is 1. The van der Waals surface area contributed by atoms with E-state index in [0.29, 0.717) is 40.3 Å². The molecule has 0 bridgehead atoms. The molecule has 1 aliphatic rings. The van der Waals surface area contributed by atoms with Crippen molar-refractivity contribution in [2.75, 3.05) is 20.2 Å². The maximum absolute atomic E-state index is 16.8. The van der Waals surface area contributed by atoms with Crippen LogP contribution in [0.25, 0.3) is 32.9 Å². The molecule has 0 saturated carbocycles. The lowest BCUT2D eigenvalue weighted by Crippen LogP contribution is -2.30. The lowest BCUT2D eigenvalue weighted by molar-refractivity contribution is 0.185. The van der Waals surface area contributed by atoms with Gasteiger partial charge in [-0.05, 0) is 61.1 Å². The average molecular weight is 635 g/mol. The number of nitrogens with zero attached hydrogens (tertiary/aromatic N) is 4. The van der Waals surface area contributed by atoms with Gasteiger partial charge in [0, 0.05) is 28.2 Å². The number of aromatic nitrogens is 3. The second-order valence-corrected chi connectivity index (χ2v) is 11.8. The first kappa shape index (κ1) is 29.9. The second kappa shape index (κ2) is 13.3. The van der Waals surface area contributed by atoms with E-state index in [0.717, 1.165) is 35.9 Å². The molecular formula is C37H32ClFN4O3. The van der Waals surface area contributed by atoms with E-state index in [9.17, 15) is 0 Å². The zero-order valence-corrected chi connectivity index (χ0v) is 26.1. The molecule has 3 heterocycles. The van der Waals surface area contributed by atoms with E-state index in [1.165, 1.54) is 0 Å². The monoisotopic (exact) mass is 634 g/mol. The summed E-state index contributed by atoms with van der Waals surface area (Å²) in [6.45, 7) is 1.99. The van der Waals surface area contributed by atoms with E-state index in [2.05, 4.69) is 26.9 Å². The summed E-state index contributed by atoms with van der Waals surface area (Å²) < 4.78 is 35.1. The Morgan fingerprint density at radius 3 is 2.33 bits per heavy atom. The number of halogens is 2. The van der Waals surface area contributed by atoms with Crippen LogP contribution >= 0.6 is 11.6 Å². The summed E-state index contributed by atoms with van der Waals surface area (Å²) in [7, 11) is 2.07. The van der Waals surface area contributed by atoms with Gasteiger partial charge in [-0.25, -0.2) is 4.39 Å². The van der Waals surface area contributed by atoms with Crippen molar-refractivity contribution < 1.29 is 18.6 Å². The van der Waals surface area contributed by atoms with Crippen LogP contribution in [0.3, 0.4) is 0 Å². The van der Waals surface area contributed by atoms with Crippen LogP contribution in [-0.2, 0) is 13.2 Å². The molecule has 7 nitrogen and oxygen atoms in total. The van der Waals surface area contributed by atoms with Gasteiger partial charge in [-0.15, -0.1) is 0 Å². The van der Waals surface area contributed by atoms with Gasteiger partial charge in [0.05, 0.1) is 5.39 Å². The summed E-state index contributed by atoms with van der Waals surface area (Å²) in [6.07, 6.45) is 3.66. The fourth-order valence-corrected chi connectivity index (χ4v) is 6.11. The van der Waals surface area contributed by atoms with Gasteiger partial charge >= 0.3 is 6.01 Å². The van der Waals surface area contributed by atoms with E-state index in [1.807, 2.05) is 78.9 Å². The Hall–Kier alpha value is -4.79. The Kier molecular flexibility index (Phi) is 8.64. The maximum Gasteiger partial charge on any atom is 0.320 e. The van der Waals surface area contributed by atoms with Crippen LogP contribution in [0.5, 0.6) is 17.6 Å². The lowest BCUT2D eigenvalue weighted by atomic mass is 10.00. The summed E-state index contributed by atoms with van der Waals surface area (Å²) >= 11 is 6.71. The molecule has 7 rings (SSSR count). The minimum absolute atomic E-state index is 0.0497. The smallest absolute Gasteiger partial charge is 0.320 e. The van der Waals surface area contributed by atoms with Gasteiger partial charge < -0.3 is 19.1 Å². The van der Waals surface area contributed by atoms with Gasteiger partial charge in [0.1, 0.15) is 36.8 Å². The fourth-order valence-electron chi connectivity index (χ4n) is 5.83. The Balaban J connectivity index is 1.31. The predicted molar refractivity (Wildman–Crippen MR) is 178 cm³/mol. The molecule has 46 heavy (non-hydrogen) atoms. The number of hydrogen-bond donors (Lipinski definition) is 0. The maximum atomic E-state index is 16.8. The third kappa shape index (κ3) is 6.32. The molecule has 0 aliphatic carbocycles. The molecule has 1 fully saturated rings. The Morgan fingerprint density at radius 1 is 0.870 bits per heavy atom. The van der Waals surface area contributed by atoms with Crippen LogP contribution in [0.2, 0.25) is 5.02 Å². The Morgan fingerprint density at radius 2 is 1.61 bits per heavy atom. The molecular weight excluding hydrogens is 603 g/mol. The molecule has 2 aromatic heterocycles. The van der Waals surface area contributed by atoms with E-state index in [-0.39, 0.29) is 35.7 Å². The Bertz CT molecular complexity index is 1990. The number of fused-ring (bicyclic) bond motifs is 2. The van der Waals surface area contributed by atoms with Crippen LogP contribution < -0.4 is 14.2 Å². The van der Waals surface area contributed by atoms with Crippen LogP contribution in [0, 0.1) is 5.82 Å². The molecule has 0 amide bonds. The van der Waals surface area contributed by atoms with Crippen molar-refractivity contribution in [2.45, 2.75) is 32.1 Å². The standard InChI is InChI=1S/C37H32ClFN4O3/c1-43-17-9-15-27(43)23-46-37-41-35-30(36(42-37)45-22-25-12-6-3-7-13-25)20-40-34(33(35)39)29-19-28(44-21-24-10-4-2-5-11-24)18-26-14-8-16-31(38)32(26)29/h2-8,10-14,16,18-20,27H,9,15,17,21-23H2,1H3/t27-/m0/s1. The van der Waals surface area contributed by atoms with E-state index in [1.54, 1.807) is 18.3 Å². The van der Waals surface area contributed by atoms with Gasteiger partial charge in [0.25, 0.3) is 0 Å². The number of benzene rings is 4. The third-order valence-corrected chi connectivity index (χ3v) is 8.64. The van der Waals surface area contributed by atoms with Crippen LogP contribution in [0.4, 0.5) is 4.39 Å². The summed E-state index contributed by atoms with van der Waals surface area (Å²) in [5.41, 5.74) is 2.59. The van der Waals surface area contributed by atoms with Crippen LogP contribution in [-0.4, -0.2) is 46.1 Å². The number of likely N-dealkylation sites (tertiary alicyclic amines) is 1. The van der Waals surface area contributed by atoms with Crippen molar-refractivity contribution in [1.29, 1.82) is 0 Å². The van der Waals surface area contributed by atoms with Crippen LogP contribution in [0.15, 0.2) is 97.2 Å². The van der Waals surface area contributed by atoms with Gasteiger partial charge in [0.15, 0.2) is 5.82 Å². The molecule has 9 heteroatoms. The highest BCUT2D eigenvalue weighted by molar-refractivity contribution is 6.36. The zero-order valence-electron chi connectivity index (χ0n) is 25.3. The number of rotatable bonds is 10. The van der Waals surface area contributed by atoms with Crippen molar-refractivity contribution in [2.24, 2.45) is 0 Å². The second-order valence-electron chi connectivity index (χ2n) is 11.4. The van der Waals surface area contributed by atoms with Crippen molar-refractivity contribution >= 4 is 33.3 Å². The zero-order chi connectivity index (χ0) is 31.5. The topological polar surface area (TPSA) is 69.6 Å². The largest absolute Gasteiger partial charge is 0.489 e. The molecule has 1 atom stereocenters. The highest BCUT2D eigenvalue weighted by Crippen LogP contribution is 2.40. The summed E-state index contributed by atoms with van der Waals surface area (Å²) in [5, 5.41) is 2.28.